The standard InChI is InChI=1S/C22H17N/c1-2-13-9-10-19-17-7-3-5-14-11-15(23)12-20(21(14)17)18-8-4-6-16(13)22(18)19/h3-12H,2,23H2,1H3. The zero-order chi connectivity index (χ0) is 15.6. The first-order valence-electron chi connectivity index (χ1n) is 8.15. The summed E-state index contributed by atoms with van der Waals surface area (Å²) in [6, 6.07) is 22.0. The molecule has 110 valence electrons. The molecule has 0 bridgehead atoms. The Morgan fingerprint density at radius 1 is 0.696 bits per heavy atom. The van der Waals surface area contributed by atoms with E-state index in [1.165, 1.54) is 48.7 Å². The van der Waals surface area contributed by atoms with Crippen LogP contribution in [0.25, 0.3) is 43.1 Å². The fraction of sp³-hybridized carbons (Fsp3) is 0.0909. The number of nitrogens with two attached hydrogens (primary N) is 1. The SMILES string of the molecule is CCc1ccc2c3cccc4cc(N)cc(c5cccc1c25)c43. The van der Waals surface area contributed by atoms with Crippen LogP contribution in [0.15, 0.2) is 60.7 Å². The summed E-state index contributed by atoms with van der Waals surface area (Å²) in [7, 11) is 0. The normalized spacial score (nSPS) is 12.0. The van der Waals surface area contributed by atoms with Gasteiger partial charge < -0.3 is 5.73 Å². The summed E-state index contributed by atoms with van der Waals surface area (Å²) >= 11 is 0. The highest BCUT2D eigenvalue weighted by Crippen LogP contribution is 2.41. The van der Waals surface area contributed by atoms with Crippen molar-refractivity contribution in [1.82, 2.24) is 0 Å². The third kappa shape index (κ3) is 1.57. The molecule has 0 radical (unpaired) electrons. The summed E-state index contributed by atoms with van der Waals surface area (Å²) in [6.07, 6.45) is 1.05. The second-order valence-corrected chi connectivity index (χ2v) is 6.33. The van der Waals surface area contributed by atoms with Gasteiger partial charge in [-0.05, 0) is 67.2 Å². The van der Waals surface area contributed by atoms with E-state index >= 15 is 0 Å². The Hall–Kier alpha value is -2.80. The van der Waals surface area contributed by atoms with Gasteiger partial charge in [-0.25, -0.2) is 0 Å². The van der Waals surface area contributed by atoms with E-state index in [1.807, 2.05) is 0 Å². The third-order valence-electron chi connectivity index (χ3n) is 5.09. The van der Waals surface area contributed by atoms with Gasteiger partial charge in [-0.2, -0.15) is 0 Å². The second kappa shape index (κ2) is 4.36. The molecule has 0 unspecified atom stereocenters. The van der Waals surface area contributed by atoms with Crippen molar-refractivity contribution in [3.8, 4) is 0 Å². The Bertz CT molecular complexity index is 1200. The lowest BCUT2D eigenvalue weighted by molar-refractivity contribution is 1.16. The van der Waals surface area contributed by atoms with Crippen molar-refractivity contribution in [2.75, 3.05) is 5.73 Å². The maximum atomic E-state index is 6.18. The van der Waals surface area contributed by atoms with Gasteiger partial charge in [0.2, 0.25) is 0 Å². The van der Waals surface area contributed by atoms with Crippen molar-refractivity contribution in [2.45, 2.75) is 13.3 Å². The molecule has 0 spiro atoms. The lowest BCUT2D eigenvalue weighted by Gasteiger charge is -2.16. The predicted octanol–water partition coefficient (Wildman–Crippen LogP) is 5.88. The molecule has 0 heterocycles. The number of fused-ring (bicyclic) bond motifs is 2. The maximum absolute atomic E-state index is 6.18. The van der Waals surface area contributed by atoms with Gasteiger partial charge in [0.15, 0.2) is 0 Å². The average molecular weight is 295 g/mol. The molecule has 0 aliphatic carbocycles. The minimum atomic E-state index is 0.830. The van der Waals surface area contributed by atoms with Gasteiger partial charge in [0.1, 0.15) is 0 Å². The van der Waals surface area contributed by atoms with E-state index in [9.17, 15) is 0 Å². The van der Waals surface area contributed by atoms with Crippen LogP contribution in [0.5, 0.6) is 0 Å². The maximum Gasteiger partial charge on any atom is 0.0326 e. The number of hydrogen-bond acceptors (Lipinski definition) is 1. The van der Waals surface area contributed by atoms with Crippen molar-refractivity contribution in [3.05, 3.63) is 66.2 Å². The van der Waals surface area contributed by atoms with Crippen molar-refractivity contribution in [2.24, 2.45) is 0 Å². The summed E-state index contributed by atoms with van der Waals surface area (Å²) in [5.74, 6) is 0. The quantitative estimate of drug-likeness (QED) is 0.233. The first kappa shape index (κ1) is 12.7. The van der Waals surface area contributed by atoms with Crippen LogP contribution in [0.1, 0.15) is 12.5 Å². The Balaban J connectivity index is 2.22. The highest BCUT2D eigenvalue weighted by Gasteiger charge is 2.14. The molecule has 5 rings (SSSR count). The lowest BCUT2D eigenvalue weighted by atomic mass is 9.88. The molecule has 5 aromatic rings. The van der Waals surface area contributed by atoms with Crippen LogP contribution >= 0.6 is 0 Å². The summed E-state index contributed by atoms with van der Waals surface area (Å²) in [6.45, 7) is 2.22. The van der Waals surface area contributed by atoms with Crippen LogP contribution in [0.3, 0.4) is 0 Å². The zero-order valence-electron chi connectivity index (χ0n) is 13.1. The minimum Gasteiger partial charge on any atom is -0.399 e. The monoisotopic (exact) mass is 295 g/mol. The predicted molar refractivity (Wildman–Crippen MR) is 101 cm³/mol. The summed E-state index contributed by atoms with van der Waals surface area (Å²) < 4.78 is 0. The fourth-order valence-corrected chi connectivity index (χ4v) is 4.11. The van der Waals surface area contributed by atoms with Gasteiger partial charge in [-0.3, -0.25) is 0 Å². The topological polar surface area (TPSA) is 26.0 Å². The minimum absolute atomic E-state index is 0.830. The molecule has 0 saturated heterocycles. The van der Waals surface area contributed by atoms with E-state index in [-0.39, 0.29) is 0 Å². The van der Waals surface area contributed by atoms with Crippen LogP contribution in [0, 0.1) is 0 Å². The average Bonchev–Trinajstić information content (AvgIpc) is 2.58. The van der Waals surface area contributed by atoms with E-state index in [4.69, 9.17) is 5.73 Å². The molecule has 23 heavy (non-hydrogen) atoms. The van der Waals surface area contributed by atoms with Gasteiger partial charge in [0.25, 0.3) is 0 Å². The molecular weight excluding hydrogens is 278 g/mol. The number of aryl methyl sites for hydroxylation is 1. The number of benzene rings is 5. The van der Waals surface area contributed by atoms with Gasteiger partial charge >= 0.3 is 0 Å². The molecule has 0 amide bonds. The van der Waals surface area contributed by atoms with E-state index in [2.05, 4.69) is 67.6 Å². The van der Waals surface area contributed by atoms with Gasteiger partial charge in [-0.15, -0.1) is 0 Å². The molecular formula is C22H17N. The lowest BCUT2D eigenvalue weighted by Crippen LogP contribution is -1.92. The van der Waals surface area contributed by atoms with Crippen LogP contribution in [-0.4, -0.2) is 0 Å². The molecule has 0 fully saturated rings. The molecule has 1 heteroatoms. The summed E-state index contributed by atoms with van der Waals surface area (Å²) in [4.78, 5) is 0. The Morgan fingerprint density at radius 2 is 1.39 bits per heavy atom. The Labute approximate surface area is 134 Å². The highest BCUT2D eigenvalue weighted by molar-refractivity contribution is 6.33. The van der Waals surface area contributed by atoms with E-state index < -0.39 is 0 Å². The van der Waals surface area contributed by atoms with Gasteiger partial charge in [0.05, 0.1) is 0 Å². The molecule has 0 aliphatic rings. The van der Waals surface area contributed by atoms with Crippen molar-refractivity contribution in [3.63, 3.8) is 0 Å². The van der Waals surface area contributed by atoms with Crippen LogP contribution < -0.4 is 5.73 Å². The molecule has 0 saturated carbocycles. The third-order valence-corrected chi connectivity index (χ3v) is 5.09. The number of rotatable bonds is 1. The van der Waals surface area contributed by atoms with E-state index in [0.29, 0.717) is 0 Å². The van der Waals surface area contributed by atoms with Gasteiger partial charge in [0, 0.05) is 5.69 Å². The van der Waals surface area contributed by atoms with E-state index in [1.54, 1.807) is 0 Å². The number of anilines is 1. The van der Waals surface area contributed by atoms with Crippen LogP contribution in [0.4, 0.5) is 5.69 Å². The molecule has 0 aromatic heterocycles. The molecule has 0 aliphatic heterocycles. The molecule has 0 atom stereocenters. The van der Waals surface area contributed by atoms with Crippen molar-refractivity contribution in [1.29, 1.82) is 0 Å². The summed E-state index contributed by atoms with van der Waals surface area (Å²) in [5, 5.41) is 10.5. The first-order valence-corrected chi connectivity index (χ1v) is 8.15. The van der Waals surface area contributed by atoms with Crippen molar-refractivity contribution < 1.29 is 0 Å². The smallest absolute Gasteiger partial charge is 0.0326 e. The summed E-state index contributed by atoms with van der Waals surface area (Å²) in [5.41, 5.74) is 8.42. The second-order valence-electron chi connectivity index (χ2n) is 6.33. The molecule has 5 aromatic carbocycles. The largest absolute Gasteiger partial charge is 0.399 e. The zero-order valence-corrected chi connectivity index (χ0v) is 13.1. The molecule has 2 N–H and O–H groups in total. The molecule has 1 nitrogen and oxygen atoms in total. The first-order chi connectivity index (χ1) is 11.3. The van der Waals surface area contributed by atoms with Crippen LogP contribution in [0.2, 0.25) is 0 Å². The van der Waals surface area contributed by atoms with Crippen LogP contribution in [-0.2, 0) is 6.42 Å². The fourth-order valence-electron chi connectivity index (χ4n) is 4.11. The Kier molecular flexibility index (Phi) is 2.41. The van der Waals surface area contributed by atoms with Gasteiger partial charge in [-0.1, -0.05) is 55.5 Å². The van der Waals surface area contributed by atoms with E-state index in [0.717, 1.165) is 12.1 Å². The Morgan fingerprint density at radius 3 is 2.22 bits per heavy atom. The van der Waals surface area contributed by atoms with Crippen molar-refractivity contribution >= 4 is 48.8 Å². The highest BCUT2D eigenvalue weighted by atomic mass is 14.5. The number of nitrogen functional groups attached to an aromatic ring is 1. The number of hydrogen-bond donors (Lipinski definition) is 1.